The number of hydrogen-bond donors (Lipinski definition) is 2. The predicted molar refractivity (Wildman–Crippen MR) is 113 cm³/mol. The molecule has 0 saturated heterocycles. The number of nitrogens with zero attached hydrogens (tertiary/aromatic N) is 5. The Morgan fingerprint density at radius 1 is 1.14 bits per heavy atom. The van der Waals surface area contributed by atoms with E-state index in [1.807, 2.05) is 0 Å². The maximum Gasteiger partial charge on any atom is 0.219 e. The van der Waals surface area contributed by atoms with Crippen molar-refractivity contribution in [3.05, 3.63) is 35.7 Å². The minimum atomic E-state index is 0.342. The van der Waals surface area contributed by atoms with Crippen molar-refractivity contribution in [3.63, 3.8) is 0 Å². The number of aromatic nitrogens is 7. The molecule has 150 valence electrons. The summed E-state index contributed by atoms with van der Waals surface area (Å²) in [7, 11) is 0. The van der Waals surface area contributed by atoms with Crippen LogP contribution in [-0.4, -0.2) is 34.9 Å². The summed E-state index contributed by atoms with van der Waals surface area (Å²) in [6.07, 6.45) is 6.10. The molecule has 1 saturated carbocycles. The molecule has 4 aromatic rings. The van der Waals surface area contributed by atoms with Crippen LogP contribution >= 0.6 is 0 Å². The van der Waals surface area contributed by atoms with Crippen LogP contribution in [0.15, 0.2) is 24.5 Å². The van der Waals surface area contributed by atoms with Crippen molar-refractivity contribution in [2.45, 2.75) is 59.4 Å². The average Bonchev–Trinajstić information content (AvgIpc) is 3.41. The van der Waals surface area contributed by atoms with Crippen LogP contribution in [0.1, 0.15) is 56.7 Å². The van der Waals surface area contributed by atoms with Crippen LogP contribution in [0.2, 0.25) is 0 Å². The van der Waals surface area contributed by atoms with Crippen molar-refractivity contribution in [3.8, 4) is 23.2 Å². The summed E-state index contributed by atoms with van der Waals surface area (Å²) >= 11 is 0. The zero-order valence-corrected chi connectivity index (χ0v) is 17.5. The zero-order chi connectivity index (χ0) is 20.2. The average molecular weight is 390 g/mol. The third-order valence-corrected chi connectivity index (χ3v) is 6.35. The molecule has 7 heteroatoms. The second-order valence-electron chi connectivity index (χ2n) is 9.11. The lowest BCUT2D eigenvalue weighted by Gasteiger charge is -2.34. The van der Waals surface area contributed by atoms with Gasteiger partial charge in [-0.1, -0.05) is 25.5 Å². The molecule has 0 bridgehead atoms. The fourth-order valence-electron chi connectivity index (χ4n) is 4.45. The topological polar surface area (TPSA) is 88.1 Å². The van der Waals surface area contributed by atoms with E-state index in [2.05, 4.69) is 70.7 Å². The van der Waals surface area contributed by atoms with E-state index in [0.717, 1.165) is 29.9 Å². The minimum Gasteiger partial charge on any atom is -0.352 e. The molecule has 0 atom stereocenters. The summed E-state index contributed by atoms with van der Waals surface area (Å²) < 4.78 is 2.12. The van der Waals surface area contributed by atoms with Gasteiger partial charge in [-0.25, -0.2) is 14.6 Å². The van der Waals surface area contributed by atoms with Crippen LogP contribution in [0.3, 0.4) is 0 Å². The summed E-state index contributed by atoms with van der Waals surface area (Å²) in [6.45, 7) is 9.00. The monoisotopic (exact) mass is 389 g/mol. The molecule has 0 unspecified atom stereocenters. The Labute approximate surface area is 170 Å². The molecule has 29 heavy (non-hydrogen) atoms. The molecule has 0 radical (unpaired) electrons. The van der Waals surface area contributed by atoms with Crippen molar-refractivity contribution in [2.24, 2.45) is 5.41 Å². The zero-order valence-electron chi connectivity index (χ0n) is 17.5. The van der Waals surface area contributed by atoms with Crippen molar-refractivity contribution < 1.29 is 0 Å². The first-order chi connectivity index (χ1) is 13.9. The van der Waals surface area contributed by atoms with Crippen LogP contribution in [-0.2, 0) is 0 Å². The lowest BCUT2D eigenvalue weighted by Crippen LogP contribution is -2.24. The fraction of sp³-hybridized carbons (Fsp3) is 0.455. The number of H-pyrrole nitrogens is 2. The Balaban J connectivity index is 1.65. The first-order valence-corrected chi connectivity index (χ1v) is 10.3. The molecule has 3 aromatic heterocycles. The number of fused-ring (bicyclic) bond motifs is 1. The minimum absolute atomic E-state index is 0.342. The third-order valence-electron chi connectivity index (χ3n) is 6.35. The van der Waals surface area contributed by atoms with E-state index >= 15 is 0 Å². The Hall–Kier alpha value is -2.96. The van der Waals surface area contributed by atoms with Gasteiger partial charge in [-0.2, -0.15) is 5.10 Å². The van der Waals surface area contributed by atoms with Gasteiger partial charge in [-0.05, 0) is 62.6 Å². The second-order valence-corrected chi connectivity index (χ2v) is 9.11. The van der Waals surface area contributed by atoms with Crippen molar-refractivity contribution in [1.82, 2.24) is 34.9 Å². The Morgan fingerprint density at radius 2 is 1.93 bits per heavy atom. The van der Waals surface area contributed by atoms with Gasteiger partial charge in [0.05, 0.1) is 11.7 Å². The molecule has 2 N–H and O–H groups in total. The summed E-state index contributed by atoms with van der Waals surface area (Å²) in [5, 5.41) is 13.0. The normalized spacial score (nSPS) is 17.2. The maximum atomic E-state index is 4.90. The molecule has 1 aliphatic rings. The molecule has 0 spiro atoms. The van der Waals surface area contributed by atoms with Crippen LogP contribution in [0.5, 0.6) is 0 Å². The molecule has 0 aliphatic heterocycles. The Bertz CT molecular complexity index is 1150. The van der Waals surface area contributed by atoms with Crippen LogP contribution in [0.25, 0.3) is 34.1 Å². The van der Waals surface area contributed by atoms with Gasteiger partial charge in [0.1, 0.15) is 6.33 Å². The smallest absolute Gasteiger partial charge is 0.219 e. The third kappa shape index (κ3) is 3.14. The molecule has 7 nitrogen and oxygen atoms in total. The van der Waals surface area contributed by atoms with Crippen molar-refractivity contribution in [1.29, 1.82) is 0 Å². The number of aryl methyl sites for hydroxylation is 2. The van der Waals surface area contributed by atoms with Gasteiger partial charge in [0.2, 0.25) is 5.82 Å². The van der Waals surface area contributed by atoms with Crippen LogP contribution in [0, 0.1) is 19.3 Å². The maximum absolute atomic E-state index is 4.90. The van der Waals surface area contributed by atoms with Crippen LogP contribution in [0.4, 0.5) is 0 Å². The van der Waals surface area contributed by atoms with Gasteiger partial charge in [0, 0.05) is 10.9 Å². The van der Waals surface area contributed by atoms with Gasteiger partial charge >= 0.3 is 0 Å². The number of hydrogen-bond acceptors (Lipinski definition) is 4. The van der Waals surface area contributed by atoms with Gasteiger partial charge in [0.15, 0.2) is 11.6 Å². The quantitative estimate of drug-likeness (QED) is 0.518. The van der Waals surface area contributed by atoms with Crippen molar-refractivity contribution >= 4 is 10.9 Å². The fourth-order valence-corrected chi connectivity index (χ4v) is 4.45. The largest absolute Gasteiger partial charge is 0.352 e. The second kappa shape index (κ2) is 6.54. The summed E-state index contributed by atoms with van der Waals surface area (Å²) in [4.78, 5) is 12.8. The first-order valence-electron chi connectivity index (χ1n) is 10.3. The summed E-state index contributed by atoms with van der Waals surface area (Å²) in [5.41, 5.74) is 5.03. The first kappa shape index (κ1) is 18.1. The van der Waals surface area contributed by atoms with E-state index in [-0.39, 0.29) is 0 Å². The van der Waals surface area contributed by atoms with E-state index < -0.39 is 0 Å². The van der Waals surface area contributed by atoms with Crippen molar-refractivity contribution in [2.75, 3.05) is 0 Å². The van der Waals surface area contributed by atoms with E-state index in [0.29, 0.717) is 23.1 Å². The number of nitrogens with one attached hydrogen (secondary N) is 2. The van der Waals surface area contributed by atoms with Gasteiger partial charge in [0.25, 0.3) is 0 Å². The highest BCUT2D eigenvalue weighted by Gasteiger charge is 2.31. The van der Waals surface area contributed by atoms with E-state index in [9.17, 15) is 0 Å². The van der Waals surface area contributed by atoms with Gasteiger partial charge in [-0.3, -0.25) is 5.10 Å². The summed E-state index contributed by atoms with van der Waals surface area (Å²) in [6, 6.07) is 6.85. The lowest BCUT2D eigenvalue weighted by atomic mass is 9.75. The standard InChI is InChI=1S/C22H27N7/c1-13-5-6-17-16(11-13)14(2)18(25-17)21-26-20(19-23-12-24-27-19)28-29(21)15-7-9-22(3,4)10-8-15/h5-6,11-12,15,25H,7-10H2,1-4H3,(H,23,24,27). The van der Waals surface area contributed by atoms with E-state index in [1.54, 1.807) is 0 Å². The number of aromatic amines is 2. The van der Waals surface area contributed by atoms with E-state index in [4.69, 9.17) is 10.1 Å². The molecule has 1 aromatic carbocycles. The SMILES string of the molecule is Cc1ccc2[nH]c(-c3nc(-c4ncn[nH]4)nn3C3CCC(C)(C)CC3)c(C)c2c1. The predicted octanol–water partition coefficient (Wildman–Crippen LogP) is 4.97. The summed E-state index contributed by atoms with van der Waals surface area (Å²) in [5.74, 6) is 2.08. The van der Waals surface area contributed by atoms with Gasteiger partial charge < -0.3 is 4.98 Å². The highest BCUT2D eigenvalue weighted by Crippen LogP contribution is 2.42. The number of benzene rings is 1. The molecular formula is C22H27N7. The van der Waals surface area contributed by atoms with E-state index in [1.165, 1.54) is 35.7 Å². The van der Waals surface area contributed by atoms with Gasteiger partial charge in [-0.15, -0.1) is 5.10 Å². The molecule has 3 heterocycles. The Kier molecular flexibility index (Phi) is 4.08. The van der Waals surface area contributed by atoms with Crippen LogP contribution < -0.4 is 0 Å². The highest BCUT2D eigenvalue weighted by molar-refractivity contribution is 5.90. The molecule has 1 fully saturated rings. The molecule has 0 amide bonds. The molecule has 1 aliphatic carbocycles. The number of rotatable bonds is 3. The lowest BCUT2D eigenvalue weighted by molar-refractivity contribution is 0.187. The highest BCUT2D eigenvalue weighted by atomic mass is 15.4. The Morgan fingerprint density at radius 3 is 2.66 bits per heavy atom. The molecular weight excluding hydrogens is 362 g/mol. The molecule has 5 rings (SSSR count).